The molecule has 0 bridgehead atoms. The molecule has 0 aromatic heterocycles. The van der Waals surface area contributed by atoms with E-state index in [-0.39, 0.29) is 24.3 Å². The number of carbonyl (C=O) groups excluding carboxylic acids is 2. The molecule has 0 saturated carbocycles. The van der Waals surface area contributed by atoms with Crippen LogP contribution in [-0.4, -0.2) is 28.8 Å². The minimum atomic E-state index is -0.644. The van der Waals surface area contributed by atoms with Crippen molar-refractivity contribution in [2.75, 3.05) is 0 Å². The van der Waals surface area contributed by atoms with Crippen LogP contribution in [-0.2, 0) is 29.0 Å². The normalized spacial score (nSPS) is 11.8. The van der Waals surface area contributed by atoms with Gasteiger partial charge in [0.2, 0.25) is 11.8 Å². The van der Waals surface area contributed by atoms with Crippen molar-refractivity contribution < 1.29 is 9.59 Å². The molecular formula is C27H29ClN2O2. The largest absolute Gasteiger partial charge is 0.352 e. The Morgan fingerprint density at radius 2 is 1.44 bits per heavy atom. The second kappa shape index (κ2) is 11.5. The van der Waals surface area contributed by atoms with Crippen molar-refractivity contribution in [3.63, 3.8) is 0 Å². The van der Waals surface area contributed by atoms with E-state index >= 15 is 0 Å². The van der Waals surface area contributed by atoms with Crippen LogP contribution >= 0.6 is 11.6 Å². The highest BCUT2D eigenvalue weighted by Gasteiger charge is 2.30. The first-order valence-corrected chi connectivity index (χ1v) is 11.2. The summed E-state index contributed by atoms with van der Waals surface area (Å²) in [5, 5.41) is 3.60. The highest BCUT2D eigenvalue weighted by atomic mass is 35.5. The lowest BCUT2D eigenvalue weighted by Crippen LogP contribution is -2.52. The quantitative estimate of drug-likeness (QED) is 0.498. The maximum absolute atomic E-state index is 13.5. The molecule has 0 aliphatic carbocycles. The molecule has 0 fully saturated rings. The van der Waals surface area contributed by atoms with E-state index in [9.17, 15) is 9.59 Å². The zero-order valence-electron chi connectivity index (χ0n) is 18.5. The SMILES string of the molecule is CC(C)NC(=O)[C@@H](Cc1ccccc1)N(Cc1cccc(Cl)c1)C(=O)Cc1ccccc1. The highest BCUT2D eigenvalue weighted by molar-refractivity contribution is 6.30. The van der Waals surface area contributed by atoms with Crippen molar-refractivity contribution in [2.24, 2.45) is 0 Å². The monoisotopic (exact) mass is 448 g/mol. The Morgan fingerprint density at radius 3 is 2.03 bits per heavy atom. The van der Waals surface area contributed by atoms with Crippen LogP contribution in [0, 0.1) is 0 Å². The van der Waals surface area contributed by atoms with E-state index < -0.39 is 6.04 Å². The molecule has 0 saturated heterocycles. The van der Waals surface area contributed by atoms with Crippen LogP contribution in [0.5, 0.6) is 0 Å². The predicted molar refractivity (Wildman–Crippen MR) is 129 cm³/mol. The number of hydrogen-bond donors (Lipinski definition) is 1. The Hall–Kier alpha value is -3.11. The van der Waals surface area contributed by atoms with Crippen molar-refractivity contribution >= 4 is 23.4 Å². The van der Waals surface area contributed by atoms with E-state index in [4.69, 9.17) is 11.6 Å². The molecule has 166 valence electrons. The first-order valence-electron chi connectivity index (χ1n) is 10.8. The Labute approximate surface area is 195 Å². The number of amides is 2. The fraction of sp³-hybridized carbons (Fsp3) is 0.259. The van der Waals surface area contributed by atoms with Gasteiger partial charge in [0.1, 0.15) is 6.04 Å². The van der Waals surface area contributed by atoms with Gasteiger partial charge in [-0.15, -0.1) is 0 Å². The smallest absolute Gasteiger partial charge is 0.243 e. The Morgan fingerprint density at radius 1 is 0.844 bits per heavy atom. The second-order valence-corrected chi connectivity index (χ2v) is 8.62. The van der Waals surface area contributed by atoms with Crippen molar-refractivity contribution in [3.8, 4) is 0 Å². The molecule has 1 N–H and O–H groups in total. The lowest BCUT2D eigenvalue weighted by molar-refractivity contribution is -0.141. The molecule has 5 heteroatoms. The van der Waals surface area contributed by atoms with Gasteiger partial charge in [-0.3, -0.25) is 9.59 Å². The molecule has 0 spiro atoms. The predicted octanol–water partition coefficient (Wildman–Crippen LogP) is 5.05. The summed E-state index contributed by atoms with van der Waals surface area (Å²) in [5.41, 5.74) is 2.80. The highest BCUT2D eigenvalue weighted by Crippen LogP contribution is 2.19. The van der Waals surface area contributed by atoms with Crippen molar-refractivity contribution in [1.29, 1.82) is 0 Å². The summed E-state index contributed by atoms with van der Waals surface area (Å²) in [6, 6.07) is 26.1. The first-order chi connectivity index (χ1) is 15.4. The van der Waals surface area contributed by atoms with Crippen LogP contribution in [0.1, 0.15) is 30.5 Å². The van der Waals surface area contributed by atoms with Gasteiger partial charge in [0.05, 0.1) is 6.42 Å². The molecule has 3 rings (SSSR count). The van der Waals surface area contributed by atoms with E-state index in [1.54, 1.807) is 11.0 Å². The van der Waals surface area contributed by atoms with Crippen LogP contribution < -0.4 is 5.32 Å². The average molecular weight is 449 g/mol. The van der Waals surface area contributed by atoms with E-state index in [0.717, 1.165) is 16.7 Å². The molecule has 3 aromatic carbocycles. The molecule has 2 amide bonds. The van der Waals surface area contributed by atoms with Gasteiger partial charge in [-0.25, -0.2) is 0 Å². The number of halogens is 1. The standard InChI is InChI=1S/C27H29ClN2O2/c1-20(2)29-27(32)25(17-21-10-5-3-6-11-21)30(19-23-14-9-15-24(28)16-23)26(31)18-22-12-7-4-8-13-22/h3-16,20,25H,17-19H2,1-2H3,(H,29,32)/t25-/m1/s1. The Bertz CT molecular complexity index is 1020. The number of hydrogen-bond acceptors (Lipinski definition) is 2. The zero-order valence-corrected chi connectivity index (χ0v) is 19.3. The summed E-state index contributed by atoms with van der Waals surface area (Å²) in [6.45, 7) is 4.14. The van der Waals surface area contributed by atoms with E-state index in [0.29, 0.717) is 18.0 Å². The van der Waals surface area contributed by atoms with Gasteiger partial charge < -0.3 is 10.2 Å². The molecule has 0 radical (unpaired) electrons. The average Bonchev–Trinajstić information content (AvgIpc) is 2.77. The van der Waals surface area contributed by atoms with Gasteiger partial charge in [0, 0.05) is 24.0 Å². The van der Waals surface area contributed by atoms with E-state index in [1.165, 1.54) is 0 Å². The fourth-order valence-corrected chi connectivity index (χ4v) is 3.85. The number of rotatable bonds is 9. The molecule has 0 aliphatic heterocycles. The zero-order chi connectivity index (χ0) is 22.9. The maximum Gasteiger partial charge on any atom is 0.243 e. The lowest BCUT2D eigenvalue weighted by Gasteiger charge is -2.32. The van der Waals surface area contributed by atoms with Crippen molar-refractivity contribution in [1.82, 2.24) is 10.2 Å². The van der Waals surface area contributed by atoms with Crippen LogP contribution in [0.3, 0.4) is 0 Å². The minimum absolute atomic E-state index is 0.0296. The molecule has 4 nitrogen and oxygen atoms in total. The third kappa shape index (κ3) is 6.96. The number of benzene rings is 3. The number of nitrogens with one attached hydrogen (secondary N) is 1. The second-order valence-electron chi connectivity index (χ2n) is 8.18. The molecule has 0 aliphatic rings. The lowest BCUT2D eigenvalue weighted by atomic mass is 10.0. The Kier molecular flexibility index (Phi) is 8.46. The van der Waals surface area contributed by atoms with Gasteiger partial charge in [-0.05, 0) is 42.7 Å². The molecule has 1 atom stereocenters. The Balaban J connectivity index is 1.96. The first kappa shape index (κ1) is 23.6. The van der Waals surface area contributed by atoms with Gasteiger partial charge in [-0.1, -0.05) is 84.4 Å². The summed E-state index contributed by atoms with van der Waals surface area (Å²) in [6.07, 6.45) is 0.655. The van der Waals surface area contributed by atoms with Gasteiger partial charge in [-0.2, -0.15) is 0 Å². The topological polar surface area (TPSA) is 49.4 Å². The fourth-order valence-electron chi connectivity index (χ4n) is 3.64. The number of carbonyl (C=O) groups is 2. The molecule has 32 heavy (non-hydrogen) atoms. The maximum atomic E-state index is 13.5. The van der Waals surface area contributed by atoms with Crippen LogP contribution in [0.25, 0.3) is 0 Å². The van der Waals surface area contributed by atoms with E-state index in [1.807, 2.05) is 92.7 Å². The van der Waals surface area contributed by atoms with Crippen LogP contribution in [0.15, 0.2) is 84.9 Å². The third-order valence-corrected chi connectivity index (χ3v) is 5.38. The molecule has 0 heterocycles. The van der Waals surface area contributed by atoms with E-state index in [2.05, 4.69) is 5.32 Å². The van der Waals surface area contributed by atoms with Crippen molar-refractivity contribution in [2.45, 2.75) is 45.3 Å². The van der Waals surface area contributed by atoms with Crippen LogP contribution in [0.2, 0.25) is 5.02 Å². The minimum Gasteiger partial charge on any atom is -0.352 e. The molecular weight excluding hydrogens is 420 g/mol. The summed E-state index contributed by atoms with van der Waals surface area (Å²) < 4.78 is 0. The van der Waals surface area contributed by atoms with Gasteiger partial charge >= 0.3 is 0 Å². The van der Waals surface area contributed by atoms with Crippen molar-refractivity contribution in [3.05, 3.63) is 107 Å². The summed E-state index contributed by atoms with van der Waals surface area (Å²) in [7, 11) is 0. The number of nitrogens with zero attached hydrogens (tertiary/aromatic N) is 1. The third-order valence-electron chi connectivity index (χ3n) is 5.14. The van der Waals surface area contributed by atoms with Gasteiger partial charge in [0.15, 0.2) is 0 Å². The van der Waals surface area contributed by atoms with Crippen LogP contribution in [0.4, 0.5) is 0 Å². The summed E-state index contributed by atoms with van der Waals surface area (Å²) in [5.74, 6) is -0.261. The molecule has 3 aromatic rings. The molecule has 0 unspecified atom stereocenters. The summed E-state index contributed by atoms with van der Waals surface area (Å²) >= 11 is 6.20. The summed E-state index contributed by atoms with van der Waals surface area (Å²) in [4.78, 5) is 28.5. The van der Waals surface area contributed by atoms with Gasteiger partial charge in [0.25, 0.3) is 0 Å².